The van der Waals surface area contributed by atoms with Gasteiger partial charge in [-0.2, -0.15) is 0 Å². The molecule has 0 saturated carbocycles. The molecule has 0 aromatic heterocycles. The number of hydrogen-bond acceptors (Lipinski definition) is 4. The molecule has 6 heteroatoms. The minimum absolute atomic E-state index is 0.0370. The van der Waals surface area contributed by atoms with E-state index in [2.05, 4.69) is 39.9 Å². The summed E-state index contributed by atoms with van der Waals surface area (Å²) in [5.41, 5.74) is 0. The first-order chi connectivity index (χ1) is 12.2. The van der Waals surface area contributed by atoms with Crippen LogP contribution in [0.15, 0.2) is 0 Å². The monoisotopic (exact) mass is 369 g/mol. The molecule has 2 aliphatic rings. The highest BCUT2D eigenvalue weighted by Gasteiger charge is 2.31. The first kappa shape index (κ1) is 22.9. The highest BCUT2D eigenvalue weighted by atomic mass is 16.3. The standard InChI is InChI=1S/C16H29N3O3.C4H10/c1-12(2)9-14-16(22)19(8-5-17-14)10-15(21)18-6-3-13(11-20)4-7-18;1-4(2)3/h12-14,17,20H,3-11H2,1-2H3;4H,1-3H3. The van der Waals surface area contributed by atoms with Crippen LogP contribution in [0.4, 0.5) is 0 Å². The van der Waals surface area contributed by atoms with Crippen molar-refractivity contribution in [1.82, 2.24) is 15.1 Å². The molecule has 0 aromatic carbocycles. The first-order valence-electron chi connectivity index (χ1n) is 10.1. The zero-order chi connectivity index (χ0) is 19.7. The topological polar surface area (TPSA) is 72.9 Å². The number of aliphatic hydroxyl groups excluding tert-OH is 1. The van der Waals surface area contributed by atoms with Crippen LogP contribution in [0.25, 0.3) is 0 Å². The molecule has 26 heavy (non-hydrogen) atoms. The molecule has 2 fully saturated rings. The molecule has 2 amide bonds. The third-order valence-electron chi connectivity index (χ3n) is 4.64. The van der Waals surface area contributed by atoms with E-state index in [1.165, 1.54) is 0 Å². The van der Waals surface area contributed by atoms with E-state index >= 15 is 0 Å². The number of carbonyl (C=O) groups is 2. The number of piperidine rings is 1. The molecule has 2 N–H and O–H groups in total. The lowest BCUT2D eigenvalue weighted by Gasteiger charge is -2.36. The van der Waals surface area contributed by atoms with Gasteiger partial charge in [0.25, 0.3) is 0 Å². The lowest BCUT2D eigenvalue weighted by atomic mass is 9.98. The Kier molecular flexibility index (Phi) is 10.2. The van der Waals surface area contributed by atoms with Gasteiger partial charge in [0.15, 0.2) is 0 Å². The molecule has 6 nitrogen and oxygen atoms in total. The fraction of sp³-hybridized carbons (Fsp3) is 0.900. The van der Waals surface area contributed by atoms with Gasteiger partial charge in [-0.05, 0) is 37.0 Å². The van der Waals surface area contributed by atoms with Crippen LogP contribution in [-0.2, 0) is 9.59 Å². The van der Waals surface area contributed by atoms with Crippen molar-refractivity contribution in [3.8, 4) is 0 Å². The molecular weight excluding hydrogens is 330 g/mol. The van der Waals surface area contributed by atoms with Gasteiger partial charge in [-0.15, -0.1) is 0 Å². The summed E-state index contributed by atoms with van der Waals surface area (Å²) in [4.78, 5) is 28.4. The maximum absolute atomic E-state index is 12.4. The van der Waals surface area contributed by atoms with Crippen LogP contribution >= 0.6 is 0 Å². The van der Waals surface area contributed by atoms with E-state index < -0.39 is 0 Å². The average molecular weight is 370 g/mol. The van der Waals surface area contributed by atoms with Crippen LogP contribution in [0.5, 0.6) is 0 Å². The highest BCUT2D eigenvalue weighted by molar-refractivity contribution is 5.88. The van der Waals surface area contributed by atoms with Crippen molar-refractivity contribution in [2.75, 3.05) is 39.3 Å². The number of piperazine rings is 1. The van der Waals surface area contributed by atoms with E-state index in [1.807, 2.05) is 4.90 Å². The Morgan fingerprint density at radius 1 is 1.15 bits per heavy atom. The lowest BCUT2D eigenvalue weighted by molar-refractivity contribution is -0.144. The van der Waals surface area contributed by atoms with Crippen molar-refractivity contribution in [1.29, 1.82) is 0 Å². The number of aliphatic hydroxyl groups is 1. The third-order valence-corrected chi connectivity index (χ3v) is 4.64. The molecular formula is C20H39N3O3. The summed E-state index contributed by atoms with van der Waals surface area (Å²) in [5, 5.41) is 12.4. The second-order valence-electron chi connectivity index (χ2n) is 8.63. The van der Waals surface area contributed by atoms with Gasteiger partial charge in [0, 0.05) is 32.8 Å². The second kappa shape index (κ2) is 11.5. The molecule has 2 heterocycles. The van der Waals surface area contributed by atoms with Gasteiger partial charge in [-0.1, -0.05) is 34.6 Å². The minimum atomic E-state index is -0.151. The predicted molar refractivity (Wildman–Crippen MR) is 105 cm³/mol. The molecule has 152 valence electrons. The number of nitrogens with zero attached hydrogens (tertiary/aromatic N) is 2. The Morgan fingerprint density at radius 2 is 1.73 bits per heavy atom. The van der Waals surface area contributed by atoms with E-state index in [0.717, 1.165) is 31.7 Å². The smallest absolute Gasteiger partial charge is 0.242 e. The van der Waals surface area contributed by atoms with Crippen LogP contribution in [0.3, 0.4) is 0 Å². The van der Waals surface area contributed by atoms with Crippen LogP contribution in [-0.4, -0.2) is 72.1 Å². The summed E-state index contributed by atoms with van der Waals surface area (Å²) in [5.74, 6) is 1.70. The number of carbonyl (C=O) groups excluding carboxylic acids is 2. The Morgan fingerprint density at radius 3 is 2.23 bits per heavy atom. The number of likely N-dealkylation sites (tertiary alicyclic amines) is 1. The summed E-state index contributed by atoms with van der Waals surface area (Å²) in [6.07, 6.45) is 2.52. The maximum atomic E-state index is 12.4. The lowest BCUT2D eigenvalue weighted by Crippen LogP contribution is -2.57. The summed E-state index contributed by atoms with van der Waals surface area (Å²) in [6, 6.07) is -0.151. The number of nitrogens with one attached hydrogen (secondary N) is 1. The van der Waals surface area contributed by atoms with Crippen LogP contribution in [0.1, 0.15) is 53.9 Å². The molecule has 1 atom stereocenters. The number of hydrogen-bond donors (Lipinski definition) is 2. The summed E-state index contributed by atoms with van der Waals surface area (Å²) >= 11 is 0. The second-order valence-corrected chi connectivity index (χ2v) is 8.63. The van der Waals surface area contributed by atoms with Gasteiger partial charge in [-0.3, -0.25) is 9.59 Å². The fourth-order valence-electron chi connectivity index (χ4n) is 3.23. The van der Waals surface area contributed by atoms with E-state index in [0.29, 0.717) is 31.5 Å². The molecule has 2 aliphatic heterocycles. The molecule has 2 saturated heterocycles. The zero-order valence-electron chi connectivity index (χ0n) is 17.3. The zero-order valence-corrected chi connectivity index (χ0v) is 17.3. The van der Waals surface area contributed by atoms with E-state index in [9.17, 15) is 9.59 Å². The van der Waals surface area contributed by atoms with Crippen LogP contribution in [0, 0.1) is 17.8 Å². The Bertz CT molecular complexity index is 429. The van der Waals surface area contributed by atoms with Gasteiger partial charge in [0.05, 0.1) is 12.6 Å². The maximum Gasteiger partial charge on any atom is 0.242 e. The van der Waals surface area contributed by atoms with Gasteiger partial charge < -0.3 is 20.2 Å². The van der Waals surface area contributed by atoms with Gasteiger partial charge in [0.1, 0.15) is 0 Å². The quantitative estimate of drug-likeness (QED) is 0.774. The van der Waals surface area contributed by atoms with E-state index in [-0.39, 0.29) is 31.0 Å². The Balaban J connectivity index is 0.000000765. The van der Waals surface area contributed by atoms with Crippen molar-refractivity contribution >= 4 is 11.8 Å². The van der Waals surface area contributed by atoms with E-state index in [4.69, 9.17) is 5.11 Å². The SMILES string of the molecule is CC(C)C.CC(C)CC1NCCN(CC(=O)N2CCC(CO)CC2)C1=O. The van der Waals surface area contributed by atoms with Gasteiger partial charge >= 0.3 is 0 Å². The van der Waals surface area contributed by atoms with Crippen LogP contribution in [0.2, 0.25) is 0 Å². The summed E-state index contributed by atoms with van der Waals surface area (Å²) in [7, 11) is 0. The van der Waals surface area contributed by atoms with Crippen molar-refractivity contribution in [2.45, 2.75) is 59.9 Å². The molecule has 0 spiro atoms. The Labute approximate surface area is 159 Å². The third kappa shape index (κ3) is 8.04. The summed E-state index contributed by atoms with van der Waals surface area (Å²) < 4.78 is 0. The average Bonchev–Trinajstić information content (AvgIpc) is 2.57. The van der Waals surface area contributed by atoms with Crippen molar-refractivity contribution in [3.63, 3.8) is 0 Å². The molecule has 0 aromatic rings. The van der Waals surface area contributed by atoms with Gasteiger partial charge in [-0.25, -0.2) is 0 Å². The highest BCUT2D eigenvalue weighted by Crippen LogP contribution is 2.17. The fourth-order valence-corrected chi connectivity index (χ4v) is 3.23. The van der Waals surface area contributed by atoms with Crippen molar-refractivity contribution in [3.05, 3.63) is 0 Å². The minimum Gasteiger partial charge on any atom is -0.396 e. The normalized spacial score (nSPS) is 21.8. The number of rotatable bonds is 5. The predicted octanol–water partition coefficient (Wildman–Crippen LogP) is 1.73. The molecule has 1 unspecified atom stereocenters. The van der Waals surface area contributed by atoms with Crippen LogP contribution < -0.4 is 5.32 Å². The van der Waals surface area contributed by atoms with Crippen molar-refractivity contribution in [2.24, 2.45) is 17.8 Å². The molecule has 0 radical (unpaired) electrons. The molecule has 0 aliphatic carbocycles. The number of amides is 2. The largest absolute Gasteiger partial charge is 0.396 e. The molecule has 0 bridgehead atoms. The Hall–Kier alpha value is -1.14. The van der Waals surface area contributed by atoms with E-state index in [1.54, 1.807) is 4.90 Å². The summed E-state index contributed by atoms with van der Waals surface area (Å²) in [6.45, 7) is 13.8. The molecule has 2 rings (SSSR count). The van der Waals surface area contributed by atoms with Gasteiger partial charge in [0.2, 0.25) is 11.8 Å². The first-order valence-corrected chi connectivity index (χ1v) is 10.1. The van der Waals surface area contributed by atoms with Crippen molar-refractivity contribution < 1.29 is 14.7 Å².